The summed E-state index contributed by atoms with van der Waals surface area (Å²) in [6, 6.07) is 14.8. The number of carboxylic acids is 1. The lowest BCUT2D eigenvalue weighted by Crippen LogP contribution is -2.49. The van der Waals surface area contributed by atoms with Gasteiger partial charge >= 0.3 is 12.1 Å². The van der Waals surface area contributed by atoms with Crippen LogP contribution in [0.25, 0.3) is 11.1 Å². The Balaban J connectivity index is 1.70. The summed E-state index contributed by atoms with van der Waals surface area (Å²) in [5.74, 6) is -1.71. The summed E-state index contributed by atoms with van der Waals surface area (Å²) in [6.45, 7) is 4.55. The summed E-state index contributed by atoms with van der Waals surface area (Å²) in [5.41, 5.74) is 4.38. The summed E-state index contributed by atoms with van der Waals surface area (Å²) < 4.78 is 5.44. The molecule has 0 aromatic heterocycles. The first-order valence-corrected chi connectivity index (χ1v) is 10.1. The van der Waals surface area contributed by atoms with Crippen LogP contribution in [0.15, 0.2) is 48.5 Å². The van der Waals surface area contributed by atoms with Crippen molar-refractivity contribution in [1.29, 1.82) is 0 Å². The summed E-state index contributed by atoms with van der Waals surface area (Å²) in [6.07, 6.45) is -1.30. The van der Waals surface area contributed by atoms with E-state index in [9.17, 15) is 14.4 Å². The van der Waals surface area contributed by atoms with Crippen LogP contribution in [0.1, 0.15) is 37.3 Å². The van der Waals surface area contributed by atoms with Gasteiger partial charge in [-0.05, 0) is 36.1 Å². The molecule has 2 aromatic rings. The highest BCUT2D eigenvalue weighted by molar-refractivity contribution is 5.89. The van der Waals surface area contributed by atoms with Gasteiger partial charge in [-0.2, -0.15) is 0 Å². The quantitative estimate of drug-likeness (QED) is 0.697. The number of carbonyl (C=O) groups excluding carboxylic acids is 2. The largest absolute Gasteiger partial charge is 0.481 e. The third-order valence-corrected chi connectivity index (χ3v) is 5.39. The standard InChI is InChI=1S/C23H26N2O5/c1-3-25(4-2)22(28)20(13-21(26)27)24-23(29)30-14-19-17-11-7-5-9-15(17)16-10-6-8-12-18(16)19/h5-12,19-20H,3-4,13-14H2,1-2H3,(H,24,29)(H,26,27). The van der Waals surface area contributed by atoms with Gasteiger partial charge in [0.2, 0.25) is 5.91 Å². The van der Waals surface area contributed by atoms with Crippen LogP contribution in [-0.4, -0.2) is 53.7 Å². The Kier molecular flexibility index (Phi) is 6.72. The molecule has 1 aliphatic rings. The van der Waals surface area contributed by atoms with E-state index >= 15 is 0 Å². The number of nitrogens with zero attached hydrogens (tertiary/aromatic N) is 1. The number of carboxylic acid groups (broad SMARTS) is 1. The van der Waals surface area contributed by atoms with E-state index in [1.54, 1.807) is 13.8 Å². The molecule has 0 saturated carbocycles. The number of rotatable bonds is 8. The molecule has 2 N–H and O–H groups in total. The zero-order valence-electron chi connectivity index (χ0n) is 17.1. The van der Waals surface area contributed by atoms with Gasteiger partial charge in [-0.3, -0.25) is 9.59 Å². The molecule has 2 aromatic carbocycles. The lowest BCUT2D eigenvalue weighted by Gasteiger charge is -2.25. The van der Waals surface area contributed by atoms with Gasteiger partial charge in [0.25, 0.3) is 0 Å². The first kappa shape index (κ1) is 21.4. The maximum absolute atomic E-state index is 12.6. The van der Waals surface area contributed by atoms with Crippen molar-refractivity contribution < 1.29 is 24.2 Å². The molecule has 3 rings (SSSR count). The predicted octanol–water partition coefficient (Wildman–Crippen LogP) is 3.24. The molecule has 7 heteroatoms. The number of hydrogen-bond acceptors (Lipinski definition) is 4. The highest BCUT2D eigenvalue weighted by atomic mass is 16.5. The molecule has 158 valence electrons. The number of hydrogen-bond donors (Lipinski definition) is 2. The molecule has 2 amide bonds. The van der Waals surface area contributed by atoms with Gasteiger partial charge in [0.05, 0.1) is 6.42 Å². The second-order valence-corrected chi connectivity index (χ2v) is 7.13. The molecule has 7 nitrogen and oxygen atoms in total. The maximum atomic E-state index is 12.6. The Morgan fingerprint density at radius 3 is 2.03 bits per heavy atom. The average molecular weight is 410 g/mol. The van der Waals surface area contributed by atoms with E-state index in [4.69, 9.17) is 9.84 Å². The van der Waals surface area contributed by atoms with Gasteiger partial charge < -0.3 is 20.1 Å². The number of fused-ring (bicyclic) bond motifs is 3. The molecule has 0 heterocycles. The van der Waals surface area contributed by atoms with Crippen molar-refractivity contribution in [3.8, 4) is 11.1 Å². The molecule has 0 spiro atoms. The van der Waals surface area contributed by atoms with Crippen molar-refractivity contribution in [2.24, 2.45) is 0 Å². The Hall–Kier alpha value is -3.35. The number of ether oxygens (including phenoxy) is 1. The fraction of sp³-hybridized carbons (Fsp3) is 0.348. The summed E-state index contributed by atoms with van der Waals surface area (Å²) in [4.78, 5) is 37.6. The third-order valence-electron chi connectivity index (χ3n) is 5.39. The van der Waals surface area contributed by atoms with Gasteiger partial charge in [-0.25, -0.2) is 4.79 Å². The lowest BCUT2D eigenvalue weighted by molar-refractivity contribution is -0.142. The van der Waals surface area contributed by atoms with Crippen molar-refractivity contribution in [3.63, 3.8) is 0 Å². The SMILES string of the molecule is CCN(CC)C(=O)C(CC(=O)O)NC(=O)OCC1c2ccccc2-c2ccccc21. The van der Waals surface area contributed by atoms with E-state index in [2.05, 4.69) is 5.32 Å². The first-order valence-electron chi connectivity index (χ1n) is 10.1. The molecule has 30 heavy (non-hydrogen) atoms. The molecule has 0 aliphatic heterocycles. The van der Waals surface area contributed by atoms with Gasteiger partial charge in [0, 0.05) is 19.0 Å². The zero-order valence-corrected chi connectivity index (χ0v) is 17.1. The molecule has 1 atom stereocenters. The highest BCUT2D eigenvalue weighted by Gasteiger charge is 2.31. The number of benzene rings is 2. The van der Waals surface area contributed by atoms with Crippen LogP contribution in [-0.2, 0) is 14.3 Å². The smallest absolute Gasteiger partial charge is 0.407 e. The summed E-state index contributed by atoms with van der Waals surface area (Å²) in [5, 5.41) is 11.6. The van der Waals surface area contributed by atoms with Crippen LogP contribution in [0, 0.1) is 0 Å². The van der Waals surface area contributed by atoms with Crippen molar-refractivity contribution in [3.05, 3.63) is 59.7 Å². The fourth-order valence-electron chi connectivity index (χ4n) is 3.91. The van der Waals surface area contributed by atoms with E-state index < -0.39 is 30.4 Å². The van der Waals surface area contributed by atoms with Crippen molar-refractivity contribution in [1.82, 2.24) is 10.2 Å². The maximum Gasteiger partial charge on any atom is 0.407 e. The minimum absolute atomic E-state index is 0.0963. The van der Waals surface area contributed by atoms with Crippen LogP contribution in [0.3, 0.4) is 0 Å². The van der Waals surface area contributed by atoms with E-state index in [1.807, 2.05) is 48.5 Å². The van der Waals surface area contributed by atoms with E-state index in [0.717, 1.165) is 22.3 Å². The second-order valence-electron chi connectivity index (χ2n) is 7.13. The molecule has 0 fully saturated rings. The van der Waals surface area contributed by atoms with Crippen molar-refractivity contribution in [2.45, 2.75) is 32.2 Å². The van der Waals surface area contributed by atoms with Gasteiger partial charge in [0.1, 0.15) is 12.6 Å². The van der Waals surface area contributed by atoms with E-state index in [-0.39, 0.29) is 12.5 Å². The predicted molar refractivity (Wildman–Crippen MR) is 112 cm³/mol. The molecule has 1 unspecified atom stereocenters. The number of alkyl carbamates (subject to hydrolysis) is 1. The Morgan fingerprint density at radius 2 is 1.53 bits per heavy atom. The van der Waals surface area contributed by atoms with Crippen molar-refractivity contribution in [2.75, 3.05) is 19.7 Å². The normalized spacial score (nSPS) is 13.1. The number of nitrogens with one attached hydrogen (secondary N) is 1. The number of aliphatic carboxylic acids is 1. The minimum atomic E-state index is -1.17. The number of carbonyl (C=O) groups is 3. The van der Waals surface area contributed by atoms with Crippen LogP contribution in [0.4, 0.5) is 4.79 Å². The molecular formula is C23H26N2O5. The highest BCUT2D eigenvalue weighted by Crippen LogP contribution is 2.44. The molecule has 0 saturated heterocycles. The fourth-order valence-corrected chi connectivity index (χ4v) is 3.91. The van der Waals surface area contributed by atoms with Gasteiger partial charge in [0.15, 0.2) is 0 Å². The number of likely N-dealkylation sites (N-methyl/N-ethyl adjacent to an activating group) is 1. The van der Waals surface area contributed by atoms with Crippen molar-refractivity contribution >= 4 is 18.0 Å². The Bertz CT molecular complexity index is 893. The number of amides is 2. The van der Waals surface area contributed by atoms with E-state index in [1.165, 1.54) is 4.90 Å². The second kappa shape index (κ2) is 9.43. The van der Waals surface area contributed by atoms with E-state index in [0.29, 0.717) is 13.1 Å². The molecule has 1 aliphatic carbocycles. The summed E-state index contributed by atoms with van der Waals surface area (Å²) in [7, 11) is 0. The van der Waals surface area contributed by atoms with Gasteiger partial charge in [-0.1, -0.05) is 48.5 Å². The third kappa shape index (κ3) is 4.45. The van der Waals surface area contributed by atoms with Crippen LogP contribution in [0.5, 0.6) is 0 Å². The lowest BCUT2D eigenvalue weighted by atomic mass is 9.98. The first-order chi connectivity index (χ1) is 14.5. The Morgan fingerprint density at radius 1 is 1.00 bits per heavy atom. The van der Waals surface area contributed by atoms with Crippen LogP contribution >= 0.6 is 0 Å². The molecular weight excluding hydrogens is 384 g/mol. The monoisotopic (exact) mass is 410 g/mol. The Labute approximate surface area is 175 Å². The van der Waals surface area contributed by atoms with Gasteiger partial charge in [-0.15, -0.1) is 0 Å². The molecule has 0 radical (unpaired) electrons. The summed E-state index contributed by atoms with van der Waals surface area (Å²) >= 11 is 0. The zero-order chi connectivity index (χ0) is 21.7. The molecule has 0 bridgehead atoms. The average Bonchev–Trinajstić information content (AvgIpc) is 3.06. The van der Waals surface area contributed by atoms with Crippen LogP contribution < -0.4 is 5.32 Å². The van der Waals surface area contributed by atoms with Crippen LogP contribution in [0.2, 0.25) is 0 Å². The topological polar surface area (TPSA) is 95.9 Å². The minimum Gasteiger partial charge on any atom is -0.481 e.